The van der Waals surface area contributed by atoms with Crippen LogP contribution < -0.4 is 15.4 Å². The molecule has 0 aliphatic carbocycles. The van der Waals surface area contributed by atoms with Crippen LogP contribution in [-0.2, 0) is 13.0 Å². The average Bonchev–Trinajstić information content (AvgIpc) is 2.87. The predicted octanol–water partition coefficient (Wildman–Crippen LogP) is 2.80. The van der Waals surface area contributed by atoms with Crippen LogP contribution in [0.5, 0.6) is 5.75 Å². The highest BCUT2D eigenvalue weighted by molar-refractivity contribution is 6.01. The normalized spacial score (nSPS) is 14.0. The van der Waals surface area contributed by atoms with E-state index in [1.54, 1.807) is 43.0 Å². The smallest absolute Gasteiger partial charge is 0.317 e. The quantitative estimate of drug-likeness (QED) is 0.192. The molecular weight excluding hydrogens is 460 g/mol. The summed E-state index contributed by atoms with van der Waals surface area (Å²) in [7, 11) is 1.51. The van der Waals surface area contributed by atoms with Gasteiger partial charge in [-0.25, -0.2) is 4.79 Å². The molecule has 1 aliphatic rings. The van der Waals surface area contributed by atoms with Gasteiger partial charge in [-0.2, -0.15) is 0 Å². The van der Waals surface area contributed by atoms with E-state index < -0.39 is 6.04 Å². The lowest BCUT2D eigenvalue weighted by molar-refractivity contribution is 0.0964. The van der Waals surface area contributed by atoms with Crippen molar-refractivity contribution in [3.63, 3.8) is 0 Å². The number of aliphatic hydroxyl groups is 1. The third kappa shape index (κ3) is 7.05. The molecular formula is C26H36N6O4. The SMILES string of the molecule is C=C(/C=C\C=C(/C)C(=N)N(C=N)C(C)CO)NC(=O)c1cc2c(cc1OC)CCN(C(=O)NCC)C2. The number of aliphatic hydroxyl groups excluding tert-OH is 1. The van der Waals surface area contributed by atoms with E-state index in [0.717, 1.165) is 17.5 Å². The first-order chi connectivity index (χ1) is 17.2. The number of amides is 3. The highest BCUT2D eigenvalue weighted by Gasteiger charge is 2.24. The van der Waals surface area contributed by atoms with Crippen molar-refractivity contribution in [3.8, 4) is 5.75 Å². The van der Waals surface area contributed by atoms with Crippen LogP contribution in [-0.4, -0.2) is 71.9 Å². The molecule has 194 valence electrons. The Balaban J connectivity index is 2.12. The summed E-state index contributed by atoms with van der Waals surface area (Å²) in [6, 6.07) is 3.08. The molecule has 0 saturated carbocycles. The molecule has 0 aromatic heterocycles. The summed E-state index contributed by atoms with van der Waals surface area (Å²) in [6.45, 7) is 10.5. The van der Waals surface area contributed by atoms with Crippen LogP contribution in [0, 0.1) is 10.8 Å². The Bertz CT molecular complexity index is 1080. The second-order valence-electron chi connectivity index (χ2n) is 8.43. The van der Waals surface area contributed by atoms with Crippen molar-refractivity contribution in [2.45, 2.75) is 39.8 Å². The number of carbonyl (C=O) groups is 2. The summed E-state index contributed by atoms with van der Waals surface area (Å²) in [5.74, 6) is 0.148. The molecule has 36 heavy (non-hydrogen) atoms. The van der Waals surface area contributed by atoms with Crippen molar-refractivity contribution >= 4 is 24.1 Å². The number of ether oxygens (including phenoxy) is 1. The van der Waals surface area contributed by atoms with Gasteiger partial charge in [-0.1, -0.05) is 18.7 Å². The van der Waals surface area contributed by atoms with Gasteiger partial charge < -0.3 is 30.3 Å². The molecule has 1 heterocycles. The molecule has 1 aromatic rings. The second-order valence-corrected chi connectivity index (χ2v) is 8.43. The Morgan fingerprint density at radius 2 is 2.08 bits per heavy atom. The van der Waals surface area contributed by atoms with E-state index in [0.29, 0.717) is 48.6 Å². The number of carbonyl (C=O) groups excluding carboxylic acids is 2. The van der Waals surface area contributed by atoms with E-state index in [-0.39, 0.29) is 24.4 Å². The lowest BCUT2D eigenvalue weighted by Crippen LogP contribution is -2.42. The zero-order chi connectivity index (χ0) is 26.8. The number of hydrogen-bond donors (Lipinski definition) is 5. The van der Waals surface area contributed by atoms with Crippen molar-refractivity contribution in [1.29, 1.82) is 10.8 Å². The molecule has 0 saturated heterocycles. The molecule has 1 unspecified atom stereocenters. The minimum atomic E-state index is -0.392. The van der Waals surface area contributed by atoms with Crippen LogP contribution in [0.3, 0.4) is 0 Å². The van der Waals surface area contributed by atoms with E-state index in [1.165, 1.54) is 12.0 Å². The van der Waals surface area contributed by atoms with Gasteiger partial charge in [0.25, 0.3) is 5.91 Å². The van der Waals surface area contributed by atoms with Crippen LogP contribution in [0.1, 0.15) is 42.3 Å². The van der Waals surface area contributed by atoms with Crippen LogP contribution in [0.25, 0.3) is 0 Å². The highest BCUT2D eigenvalue weighted by Crippen LogP contribution is 2.28. The van der Waals surface area contributed by atoms with Gasteiger partial charge in [0, 0.05) is 25.3 Å². The van der Waals surface area contributed by atoms with Crippen molar-refractivity contribution in [3.05, 3.63) is 64.9 Å². The number of nitrogens with zero attached hydrogens (tertiary/aromatic N) is 2. The van der Waals surface area contributed by atoms with Gasteiger partial charge in [-0.3, -0.25) is 15.6 Å². The Labute approximate surface area is 212 Å². The number of allylic oxidation sites excluding steroid dienone is 3. The molecule has 2 rings (SSSR count). The predicted molar refractivity (Wildman–Crippen MR) is 141 cm³/mol. The Kier molecular flexibility index (Phi) is 10.4. The maximum atomic E-state index is 13.0. The van der Waals surface area contributed by atoms with Gasteiger partial charge in [0.1, 0.15) is 11.6 Å². The molecule has 0 bridgehead atoms. The Morgan fingerprint density at radius 1 is 1.36 bits per heavy atom. The van der Waals surface area contributed by atoms with Gasteiger partial charge in [0.2, 0.25) is 0 Å². The largest absolute Gasteiger partial charge is 0.496 e. The second kappa shape index (κ2) is 13.2. The lowest BCUT2D eigenvalue weighted by Gasteiger charge is -2.29. The summed E-state index contributed by atoms with van der Waals surface area (Å²) in [6.07, 6.45) is 6.58. The van der Waals surface area contributed by atoms with E-state index >= 15 is 0 Å². The Morgan fingerprint density at radius 3 is 2.69 bits per heavy atom. The number of hydrogen-bond acceptors (Lipinski definition) is 6. The fourth-order valence-electron chi connectivity index (χ4n) is 3.72. The van der Waals surface area contributed by atoms with Crippen molar-refractivity contribution in [1.82, 2.24) is 20.4 Å². The summed E-state index contributed by atoms with van der Waals surface area (Å²) in [5, 5.41) is 30.5. The third-order valence-electron chi connectivity index (χ3n) is 5.82. The Hall–Kier alpha value is -3.92. The zero-order valence-electron chi connectivity index (χ0n) is 21.4. The number of rotatable bonds is 10. The fraction of sp³-hybridized carbons (Fsp3) is 0.385. The van der Waals surface area contributed by atoms with Crippen molar-refractivity contribution in [2.24, 2.45) is 0 Å². The van der Waals surface area contributed by atoms with Crippen LogP contribution in [0.15, 0.2) is 48.2 Å². The van der Waals surface area contributed by atoms with Crippen LogP contribution in [0.4, 0.5) is 4.79 Å². The summed E-state index contributed by atoms with van der Waals surface area (Å²) >= 11 is 0. The molecule has 1 atom stereocenters. The minimum Gasteiger partial charge on any atom is -0.496 e. The maximum absolute atomic E-state index is 13.0. The van der Waals surface area contributed by atoms with Crippen molar-refractivity contribution in [2.75, 3.05) is 26.8 Å². The fourth-order valence-corrected chi connectivity index (χ4v) is 3.72. The first-order valence-corrected chi connectivity index (χ1v) is 11.7. The molecule has 0 fully saturated rings. The third-order valence-corrected chi connectivity index (χ3v) is 5.82. The topological polar surface area (TPSA) is 142 Å². The van der Waals surface area contributed by atoms with Crippen molar-refractivity contribution < 1.29 is 19.4 Å². The molecule has 5 N–H and O–H groups in total. The average molecular weight is 497 g/mol. The number of benzene rings is 1. The number of fused-ring (bicyclic) bond motifs is 1. The van der Waals surface area contributed by atoms with E-state index in [9.17, 15) is 14.7 Å². The molecule has 10 nitrogen and oxygen atoms in total. The zero-order valence-corrected chi connectivity index (χ0v) is 21.4. The lowest BCUT2D eigenvalue weighted by atomic mass is 9.96. The molecule has 3 amide bonds. The monoisotopic (exact) mass is 496 g/mol. The van der Waals surface area contributed by atoms with Gasteiger partial charge >= 0.3 is 6.03 Å². The molecule has 0 spiro atoms. The molecule has 1 aliphatic heterocycles. The first kappa shape index (κ1) is 28.3. The number of urea groups is 1. The standard InChI is InChI=1S/C26H36N6O4/c1-6-29-26(35)31-11-10-20-13-23(36-5)22(12-21(20)14-31)25(34)30-18(3)9-7-8-17(2)24(28)32(16-27)19(4)15-33/h7-9,12-13,16,19,27-28,33H,3,6,10-11,14-15H2,1-2,4-5H3,(H,29,35)(H,30,34)/b9-7-,17-8+,27-16?,28-24?. The van der Waals surface area contributed by atoms with Crippen LogP contribution >= 0.6 is 0 Å². The van der Waals surface area contributed by atoms with Gasteiger partial charge in [-0.15, -0.1) is 0 Å². The number of nitrogens with one attached hydrogen (secondary N) is 4. The maximum Gasteiger partial charge on any atom is 0.317 e. The highest BCUT2D eigenvalue weighted by atomic mass is 16.5. The first-order valence-electron chi connectivity index (χ1n) is 11.7. The summed E-state index contributed by atoms with van der Waals surface area (Å²) in [4.78, 5) is 28.3. The summed E-state index contributed by atoms with van der Waals surface area (Å²) in [5.41, 5.74) is 3.19. The summed E-state index contributed by atoms with van der Waals surface area (Å²) < 4.78 is 5.45. The van der Waals surface area contributed by atoms with Crippen LogP contribution in [0.2, 0.25) is 0 Å². The van der Waals surface area contributed by atoms with E-state index in [2.05, 4.69) is 17.2 Å². The molecule has 0 radical (unpaired) electrons. The van der Waals surface area contributed by atoms with E-state index in [4.69, 9.17) is 15.6 Å². The minimum absolute atomic E-state index is 0.0892. The number of methoxy groups -OCH3 is 1. The number of amidine groups is 1. The van der Waals surface area contributed by atoms with E-state index in [1.807, 2.05) is 13.0 Å². The van der Waals surface area contributed by atoms with Gasteiger partial charge in [-0.05, 0) is 62.1 Å². The molecule has 1 aromatic carbocycles. The van der Waals surface area contributed by atoms with Gasteiger partial charge in [0.15, 0.2) is 0 Å². The van der Waals surface area contributed by atoms with Gasteiger partial charge in [0.05, 0.1) is 31.7 Å². The molecule has 10 heteroatoms.